The second kappa shape index (κ2) is 5.27. The van der Waals surface area contributed by atoms with Gasteiger partial charge in [-0.25, -0.2) is 14.5 Å². The smallest absolute Gasteiger partial charge is 0.291 e. The topological polar surface area (TPSA) is 82.3 Å². The number of ether oxygens (including phenoxy) is 1. The summed E-state index contributed by atoms with van der Waals surface area (Å²) in [6, 6.07) is 2.45. The zero-order valence-electron chi connectivity index (χ0n) is 13.4. The van der Waals surface area contributed by atoms with Crippen molar-refractivity contribution in [2.75, 3.05) is 31.5 Å². The first-order valence-electron chi connectivity index (χ1n) is 8.40. The maximum absolute atomic E-state index is 6.28. The van der Waals surface area contributed by atoms with Crippen LogP contribution < -0.4 is 9.88 Å². The van der Waals surface area contributed by atoms with Gasteiger partial charge in [-0.2, -0.15) is 0 Å². The summed E-state index contributed by atoms with van der Waals surface area (Å²) in [6.45, 7) is 4.12. The Morgan fingerprint density at radius 1 is 1.33 bits per heavy atom. The van der Waals surface area contributed by atoms with Crippen LogP contribution in [0.1, 0.15) is 12.8 Å². The van der Waals surface area contributed by atoms with Crippen molar-refractivity contribution < 1.29 is 9.30 Å². The van der Waals surface area contributed by atoms with E-state index in [1.54, 1.807) is 0 Å². The third kappa shape index (κ3) is 2.25. The molecular formula is C16H20N7O+. The first-order valence-corrected chi connectivity index (χ1v) is 8.40. The Hall–Kier alpha value is -2.48. The van der Waals surface area contributed by atoms with Crippen LogP contribution >= 0.6 is 0 Å². The van der Waals surface area contributed by atoms with Crippen LogP contribution in [0.2, 0.25) is 0 Å². The van der Waals surface area contributed by atoms with E-state index in [4.69, 9.17) is 4.74 Å². The third-order valence-corrected chi connectivity index (χ3v) is 5.31. The molecule has 8 heteroatoms. The minimum atomic E-state index is -0.135. The molecule has 3 fully saturated rings. The fraction of sp³-hybridized carbons (Fsp3) is 0.500. The standard InChI is InChI=1S/C16H19N7O/c1-4-22-5-2-12(1)16(9-22)8-18-15(24-16)21-13-7-14(20-10-19-13)23-6-3-17-11-23/h3,6-7,10-12H,1-2,4-5,8-9H2,(H,18,19,20,21)/p+1/t16-/m0/s1. The number of imidazole rings is 1. The van der Waals surface area contributed by atoms with Gasteiger partial charge in [0.1, 0.15) is 17.6 Å². The van der Waals surface area contributed by atoms with E-state index in [0.717, 1.165) is 18.9 Å². The summed E-state index contributed by atoms with van der Waals surface area (Å²) in [5, 5.41) is 3.21. The molecule has 0 aromatic carbocycles. The van der Waals surface area contributed by atoms with Crippen LogP contribution in [-0.2, 0) is 4.74 Å². The number of aliphatic imine (C=N–C) groups is 1. The molecule has 3 saturated heterocycles. The molecule has 4 aliphatic heterocycles. The van der Waals surface area contributed by atoms with E-state index in [9.17, 15) is 0 Å². The van der Waals surface area contributed by atoms with Gasteiger partial charge in [0.05, 0.1) is 18.8 Å². The van der Waals surface area contributed by atoms with Crippen LogP contribution in [0, 0.1) is 5.92 Å². The average molecular weight is 326 g/mol. The molecular weight excluding hydrogens is 306 g/mol. The number of amidine groups is 1. The minimum Gasteiger partial charge on any atom is -0.455 e. The molecule has 6 rings (SSSR count). The number of hydrogen-bond acceptors (Lipinski definition) is 6. The summed E-state index contributed by atoms with van der Waals surface area (Å²) in [7, 11) is 0. The number of nitrogens with one attached hydrogen (secondary N) is 2. The van der Waals surface area contributed by atoms with Gasteiger partial charge in [0, 0.05) is 12.5 Å². The van der Waals surface area contributed by atoms with Crippen molar-refractivity contribution in [2.24, 2.45) is 10.9 Å². The molecule has 8 nitrogen and oxygen atoms in total. The van der Waals surface area contributed by atoms with Crippen molar-refractivity contribution in [3.8, 4) is 5.82 Å². The Bertz CT molecular complexity index is 766. The van der Waals surface area contributed by atoms with E-state index in [1.165, 1.54) is 32.3 Å². The normalized spacial score (nSPS) is 31.1. The number of aromatic amines is 1. The molecule has 6 heterocycles. The third-order valence-electron chi connectivity index (χ3n) is 5.31. The maximum atomic E-state index is 6.28. The van der Waals surface area contributed by atoms with Gasteiger partial charge in [-0.05, 0) is 25.9 Å². The lowest BCUT2D eigenvalue weighted by atomic mass is 9.75. The van der Waals surface area contributed by atoms with Crippen LogP contribution in [0.25, 0.3) is 5.82 Å². The van der Waals surface area contributed by atoms with E-state index in [2.05, 4.69) is 30.2 Å². The van der Waals surface area contributed by atoms with Gasteiger partial charge in [-0.3, -0.25) is 15.2 Å². The fourth-order valence-electron chi connectivity index (χ4n) is 4.05. The molecule has 2 aromatic rings. The Morgan fingerprint density at radius 2 is 2.25 bits per heavy atom. The summed E-state index contributed by atoms with van der Waals surface area (Å²) in [5.74, 6) is 2.08. The van der Waals surface area contributed by atoms with Crippen LogP contribution in [0.15, 0.2) is 36.1 Å². The minimum absolute atomic E-state index is 0.135. The van der Waals surface area contributed by atoms with Crippen LogP contribution in [0.5, 0.6) is 0 Å². The van der Waals surface area contributed by atoms with Crippen LogP contribution in [0.4, 0.5) is 5.82 Å². The molecule has 0 amide bonds. The summed E-state index contributed by atoms with van der Waals surface area (Å²) < 4.78 is 8.17. The molecule has 0 aliphatic carbocycles. The van der Waals surface area contributed by atoms with Gasteiger partial charge >= 0.3 is 0 Å². The molecule has 2 bridgehead atoms. The Labute approximate surface area is 139 Å². The summed E-state index contributed by atoms with van der Waals surface area (Å²) in [6.07, 6.45) is 9.54. The molecule has 124 valence electrons. The average Bonchev–Trinajstić information content (AvgIpc) is 3.27. The lowest BCUT2D eigenvalue weighted by Gasteiger charge is -2.50. The predicted octanol–water partition coefficient (Wildman–Crippen LogP) is 0.344. The lowest BCUT2D eigenvalue weighted by molar-refractivity contribution is -0.598. The number of fused-ring (bicyclic) bond motifs is 2. The highest BCUT2D eigenvalue weighted by Crippen LogP contribution is 2.40. The van der Waals surface area contributed by atoms with Crippen molar-refractivity contribution in [2.45, 2.75) is 18.4 Å². The largest absolute Gasteiger partial charge is 0.455 e. The van der Waals surface area contributed by atoms with Crippen LogP contribution in [-0.4, -0.2) is 57.7 Å². The molecule has 2 aromatic heterocycles. The highest BCUT2D eigenvalue weighted by molar-refractivity contribution is 5.89. The van der Waals surface area contributed by atoms with Gasteiger partial charge < -0.3 is 4.74 Å². The number of rotatable bonds is 2. The SMILES string of the molecule is c1nc(NC2=NC[C@@]3(CN4CCC3CC4)O2)cc(-[n+]2cc[nH]c2)n1. The molecule has 0 radical (unpaired) electrons. The second-order valence-electron chi connectivity index (χ2n) is 6.74. The number of H-pyrrole nitrogens is 1. The first-order chi connectivity index (χ1) is 11.8. The molecule has 0 saturated carbocycles. The fourth-order valence-corrected chi connectivity index (χ4v) is 4.05. The molecule has 1 spiro atoms. The van der Waals surface area contributed by atoms with Gasteiger partial charge in [0.25, 0.3) is 11.8 Å². The van der Waals surface area contributed by atoms with E-state index in [1.807, 2.05) is 29.4 Å². The van der Waals surface area contributed by atoms with Gasteiger partial charge in [-0.15, -0.1) is 0 Å². The van der Waals surface area contributed by atoms with E-state index in [0.29, 0.717) is 17.8 Å². The van der Waals surface area contributed by atoms with Crippen molar-refractivity contribution in [3.05, 3.63) is 31.1 Å². The van der Waals surface area contributed by atoms with Gasteiger partial charge in [-0.1, -0.05) is 4.98 Å². The second-order valence-corrected chi connectivity index (χ2v) is 6.74. The van der Waals surface area contributed by atoms with Crippen molar-refractivity contribution in [3.63, 3.8) is 0 Å². The maximum Gasteiger partial charge on any atom is 0.291 e. The van der Waals surface area contributed by atoms with E-state index in [-0.39, 0.29) is 5.60 Å². The zero-order valence-corrected chi connectivity index (χ0v) is 13.4. The Kier molecular flexibility index (Phi) is 3.05. The number of aromatic nitrogens is 4. The van der Waals surface area contributed by atoms with Crippen molar-refractivity contribution in [1.82, 2.24) is 19.9 Å². The quantitative estimate of drug-likeness (QED) is 0.778. The predicted molar refractivity (Wildman–Crippen MR) is 86.8 cm³/mol. The van der Waals surface area contributed by atoms with Crippen LogP contribution in [0.3, 0.4) is 0 Å². The zero-order chi connectivity index (χ0) is 16.0. The molecule has 4 aliphatic rings. The summed E-state index contributed by atoms with van der Waals surface area (Å²) >= 11 is 0. The lowest BCUT2D eigenvalue weighted by Crippen LogP contribution is -2.61. The number of hydrogen-bond donors (Lipinski definition) is 2. The first kappa shape index (κ1) is 13.9. The highest BCUT2D eigenvalue weighted by Gasteiger charge is 2.51. The van der Waals surface area contributed by atoms with Gasteiger partial charge in [0.15, 0.2) is 12.7 Å². The summed E-state index contributed by atoms with van der Waals surface area (Å²) in [5.41, 5.74) is -0.135. The summed E-state index contributed by atoms with van der Waals surface area (Å²) in [4.78, 5) is 18.6. The monoisotopic (exact) mass is 326 g/mol. The number of anilines is 1. The van der Waals surface area contributed by atoms with E-state index < -0.39 is 0 Å². The molecule has 0 unspecified atom stereocenters. The molecule has 2 N–H and O–H groups in total. The van der Waals surface area contributed by atoms with E-state index >= 15 is 0 Å². The Morgan fingerprint density at radius 3 is 3.00 bits per heavy atom. The van der Waals surface area contributed by atoms with Crippen molar-refractivity contribution >= 4 is 11.8 Å². The van der Waals surface area contributed by atoms with Crippen molar-refractivity contribution in [1.29, 1.82) is 0 Å². The highest BCUT2D eigenvalue weighted by atomic mass is 16.5. The molecule has 24 heavy (non-hydrogen) atoms. The molecule has 1 atom stereocenters. The Balaban J connectivity index is 1.32. The van der Waals surface area contributed by atoms with Gasteiger partial charge in [0.2, 0.25) is 0 Å². The number of nitrogens with zero attached hydrogens (tertiary/aromatic N) is 5. The number of piperidine rings is 3.